The largest absolute Gasteiger partial charge is 0.371 e. The van der Waals surface area contributed by atoms with Crippen molar-refractivity contribution in [2.45, 2.75) is 32.0 Å². The zero-order valence-electron chi connectivity index (χ0n) is 10.4. The van der Waals surface area contributed by atoms with Crippen LogP contribution in [0.4, 0.5) is 0 Å². The first-order chi connectivity index (χ1) is 8.81. The Morgan fingerprint density at radius 1 is 1.33 bits per heavy atom. The van der Waals surface area contributed by atoms with E-state index in [1.807, 2.05) is 23.2 Å². The van der Waals surface area contributed by atoms with Crippen molar-refractivity contribution < 1.29 is 5.11 Å². The van der Waals surface area contributed by atoms with E-state index in [9.17, 15) is 5.11 Å². The van der Waals surface area contributed by atoms with Gasteiger partial charge in [0, 0.05) is 30.9 Å². The number of aromatic nitrogens is 2. The second kappa shape index (κ2) is 5.04. The zero-order valence-corrected chi connectivity index (χ0v) is 10.4. The van der Waals surface area contributed by atoms with Gasteiger partial charge in [0.1, 0.15) is 6.23 Å². The summed E-state index contributed by atoms with van der Waals surface area (Å²) in [5.41, 5.74) is 2.17. The van der Waals surface area contributed by atoms with Crippen molar-refractivity contribution in [1.82, 2.24) is 14.7 Å². The van der Waals surface area contributed by atoms with Crippen LogP contribution in [0.2, 0.25) is 0 Å². The van der Waals surface area contributed by atoms with E-state index in [-0.39, 0.29) is 0 Å². The van der Waals surface area contributed by atoms with Gasteiger partial charge in [0.15, 0.2) is 0 Å². The van der Waals surface area contributed by atoms with E-state index in [4.69, 9.17) is 0 Å². The lowest BCUT2D eigenvalue weighted by molar-refractivity contribution is 0.188. The van der Waals surface area contributed by atoms with Crippen LogP contribution < -0.4 is 0 Å². The molecular formula is C13H18N4O. The molecule has 3 heterocycles. The van der Waals surface area contributed by atoms with Crippen LogP contribution in [0.1, 0.15) is 24.8 Å². The minimum Gasteiger partial charge on any atom is -0.371 e. The first kappa shape index (κ1) is 11.6. The molecule has 2 aliphatic rings. The number of aliphatic hydroxyl groups is 1. The monoisotopic (exact) mass is 246 g/mol. The van der Waals surface area contributed by atoms with E-state index in [0.717, 1.165) is 12.2 Å². The quantitative estimate of drug-likeness (QED) is 0.869. The highest BCUT2D eigenvalue weighted by Gasteiger charge is 2.13. The molecule has 1 aromatic rings. The molecule has 1 N–H and O–H groups in total. The van der Waals surface area contributed by atoms with E-state index in [1.54, 1.807) is 6.21 Å². The predicted molar refractivity (Wildman–Crippen MR) is 70.1 cm³/mol. The fourth-order valence-electron chi connectivity index (χ4n) is 2.44. The van der Waals surface area contributed by atoms with Crippen LogP contribution in [0, 0.1) is 0 Å². The van der Waals surface area contributed by atoms with Crippen molar-refractivity contribution in [3.63, 3.8) is 0 Å². The number of allylic oxidation sites excluding steroid dienone is 1. The average molecular weight is 246 g/mol. The molecule has 0 saturated carbocycles. The van der Waals surface area contributed by atoms with E-state index in [0.29, 0.717) is 6.42 Å². The van der Waals surface area contributed by atoms with E-state index >= 15 is 0 Å². The summed E-state index contributed by atoms with van der Waals surface area (Å²) < 4.78 is 1.83. The summed E-state index contributed by atoms with van der Waals surface area (Å²) in [6.45, 7) is 3.37. The topological polar surface area (TPSA) is 53.6 Å². The van der Waals surface area contributed by atoms with E-state index < -0.39 is 6.23 Å². The molecule has 1 aromatic heterocycles. The van der Waals surface area contributed by atoms with Gasteiger partial charge in [0.05, 0.1) is 11.9 Å². The zero-order chi connectivity index (χ0) is 12.4. The number of aliphatic imine (C=N–C) groups is 1. The molecule has 18 heavy (non-hydrogen) atoms. The molecule has 1 fully saturated rings. The number of hydrogen-bond acceptors (Lipinski definition) is 4. The lowest BCUT2D eigenvalue weighted by Gasteiger charge is -2.12. The van der Waals surface area contributed by atoms with Crippen molar-refractivity contribution in [1.29, 1.82) is 0 Å². The van der Waals surface area contributed by atoms with Crippen molar-refractivity contribution in [3.8, 4) is 0 Å². The maximum atomic E-state index is 9.29. The molecule has 0 amide bonds. The van der Waals surface area contributed by atoms with Gasteiger partial charge < -0.3 is 5.11 Å². The summed E-state index contributed by atoms with van der Waals surface area (Å²) in [6.07, 6.45) is 10.2. The first-order valence-corrected chi connectivity index (χ1v) is 6.49. The van der Waals surface area contributed by atoms with Crippen molar-refractivity contribution in [3.05, 3.63) is 24.0 Å². The fourth-order valence-corrected chi connectivity index (χ4v) is 2.44. The smallest absolute Gasteiger partial charge is 0.148 e. The Morgan fingerprint density at radius 3 is 2.89 bits per heavy atom. The van der Waals surface area contributed by atoms with Crippen LogP contribution in [0.25, 0.3) is 5.70 Å². The Morgan fingerprint density at radius 2 is 2.17 bits per heavy atom. The lowest BCUT2D eigenvalue weighted by Crippen LogP contribution is -2.17. The molecule has 0 radical (unpaired) electrons. The van der Waals surface area contributed by atoms with Crippen LogP contribution in [0.15, 0.2) is 23.5 Å². The van der Waals surface area contributed by atoms with Crippen molar-refractivity contribution in [2.75, 3.05) is 13.1 Å². The molecular weight excluding hydrogens is 228 g/mol. The second-order valence-electron chi connectivity index (χ2n) is 4.90. The average Bonchev–Trinajstić information content (AvgIpc) is 3.02. The molecule has 0 bridgehead atoms. The van der Waals surface area contributed by atoms with E-state index in [1.165, 1.54) is 31.5 Å². The standard InChI is InChI=1S/C13H18N4O/c18-13-4-3-12(8-14-13)17-10-11(7-15-17)9-16-5-1-2-6-16/h3,7-8,10,13,18H,1-2,4-6,9H2. The Kier molecular flexibility index (Phi) is 3.25. The molecule has 0 aliphatic carbocycles. The van der Waals surface area contributed by atoms with Crippen LogP contribution in [-0.2, 0) is 6.54 Å². The normalized spacial score (nSPS) is 24.5. The predicted octanol–water partition coefficient (Wildman–Crippen LogP) is 1.11. The van der Waals surface area contributed by atoms with Gasteiger partial charge in [0.2, 0.25) is 0 Å². The number of rotatable bonds is 3. The first-order valence-electron chi connectivity index (χ1n) is 6.49. The number of aliphatic hydroxyl groups excluding tert-OH is 1. The number of dihydropyridines is 1. The van der Waals surface area contributed by atoms with Gasteiger partial charge >= 0.3 is 0 Å². The molecule has 0 aromatic carbocycles. The van der Waals surface area contributed by atoms with Gasteiger partial charge in [-0.2, -0.15) is 5.10 Å². The second-order valence-corrected chi connectivity index (χ2v) is 4.90. The molecule has 1 saturated heterocycles. The maximum Gasteiger partial charge on any atom is 0.148 e. The molecule has 1 unspecified atom stereocenters. The third-order valence-electron chi connectivity index (χ3n) is 3.42. The van der Waals surface area contributed by atoms with E-state index in [2.05, 4.69) is 15.0 Å². The van der Waals surface area contributed by atoms with Crippen LogP contribution in [-0.4, -0.2) is 45.3 Å². The summed E-state index contributed by atoms with van der Waals surface area (Å²) in [6, 6.07) is 0. The summed E-state index contributed by atoms with van der Waals surface area (Å²) in [4.78, 5) is 6.44. The third kappa shape index (κ3) is 2.52. The lowest BCUT2D eigenvalue weighted by atomic mass is 10.2. The minimum atomic E-state index is -0.589. The van der Waals surface area contributed by atoms with Gasteiger partial charge in [-0.25, -0.2) is 4.68 Å². The van der Waals surface area contributed by atoms with Gasteiger partial charge in [-0.15, -0.1) is 0 Å². The van der Waals surface area contributed by atoms with Crippen LogP contribution >= 0.6 is 0 Å². The fraction of sp³-hybridized carbons (Fsp3) is 0.538. The summed E-state index contributed by atoms with van der Waals surface area (Å²) in [5, 5.41) is 13.6. The summed E-state index contributed by atoms with van der Waals surface area (Å²) in [7, 11) is 0. The highest BCUT2D eigenvalue weighted by molar-refractivity contribution is 6.02. The van der Waals surface area contributed by atoms with Gasteiger partial charge in [0.25, 0.3) is 0 Å². The van der Waals surface area contributed by atoms with Crippen LogP contribution in [0.3, 0.4) is 0 Å². The Bertz CT molecular complexity index is 471. The Balaban J connectivity index is 1.67. The molecule has 96 valence electrons. The maximum absolute atomic E-state index is 9.29. The molecule has 5 nitrogen and oxygen atoms in total. The number of likely N-dealkylation sites (tertiary alicyclic amines) is 1. The molecule has 1 atom stereocenters. The Hall–Kier alpha value is -1.46. The third-order valence-corrected chi connectivity index (χ3v) is 3.42. The molecule has 2 aliphatic heterocycles. The molecule has 5 heteroatoms. The molecule has 0 spiro atoms. The Labute approximate surface area is 106 Å². The van der Waals surface area contributed by atoms with Crippen molar-refractivity contribution in [2.24, 2.45) is 4.99 Å². The highest BCUT2D eigenvalue weighted by Crippen LogP contribution is 2.15. The van der Waals surface area contributed by atoms with Gasteiger partial charge in [-0.3, -0.25) is 9.89 Å². The number of hydrogen-bond donors (Lipinski definition) is 1. The summed E-state index contributed by atoms with van der Waals surface area (Å²) in [5.74, 6) is 0. The van der Waals surface area contributed by atoms with Crippen molar-refractivity contribution >= 4 is 11.9 Å². The van der Waals surface area contributed by atoms with Crippen LogP contribution in [0.5, 0.6) is 0 Å². The summed E-state index contributed by atoms with van der Waals surface area (Å²) >= 11 is 0. The SMILES string of the molecule is OC1CC=C(n2cc(CN3CCCC3)cn2)C=N1. The number of nitrogens with zero attached hydrogens (tertiary/aromatic N) is 4. The minimum absolute atomic E-state index is 0.563. The highest BCUT2D eigenvalue weighted by atomic mass is 16.3. The van der Waals surface area contributed by atoms with Gasteiger partial charge in [-0.1, -0.05) is 6.08 Å². The van der Waals surface area contributed by atoms with Gasteiger partial charge in [-0.05, 0) is 25.9 Å². The molecule has 3 rings (SSSR count).